The first-order valence-electron chi connectivity index (χ1n) is 6.31. The van der Waals surface area contributed by atoms with Crippen LogP contribution in [0.25, 0.3) is 0 Å². The molecule has 0 unspecified atom stereocenters. The van der Waals surface area contributed by atoms with E-state index in [1.807, 2.05) is 37.3 Å². The first kappa shape index (κ1) is 14.0. The SMILES string of the molecule is Cc1cc(C(C)C)nc(Sc2ccc(CO)cc2)n1. The predicted octanol–water partition coefficient (Wildman–Crippen LogP) is 3.55. The van der Waals surface area contributed by atoms with Crippen molar-refractivity contribution in [2.45, 2.75) is 43.3 Å². The molecule has 2 rings (SSSR count). The van der Waals surface area contributed by atoms with E-state index >= 15 is 0 Å². The number of nitrogens with zero attached hydrogens (tertiary/aromatic N) is 2. The number of aliphatic hydroxyl groups excluding tert-OH is 1. The van der Waals surface area contributed by atoms with E-state index in [2.05, 4.69) is 23.8 Å². The van der Waals surface area contributed by atoms with E-state index in [1.165, 1.54) is 0 Å². The first-order chi connectivity index (χ1) is 9.08. The molecule has 3 nitrogen and oxygen atoms in total. The van der Waals surface area contributed by atoms with E-state index in [0.717, 1.165) is 27.0 Å². The van der Waals surface area contributed by atoms with Gasteiger partial charge in [0, 0.05) is 16.3 Å². The molecule has 1 N–H and O–H groups in total. The summed E-state index contributed by atoms with van der Waals surface area (Å²) in [7, 11) is 0. The van der Waals surface area contributed by atoms with Crippen molar-refractivity contribution < 1.29 is 5.11 Å². The maximum atomic E-state index is 9.02. The average Bonchev–Trinajstić information content (AvgIpc) is 2.39. The molecular weight excluding hydrogens is 256 g/mol. The lowest BCUT2D eigenvalue weighted by Crippen LogP contribution is -1.98. The molecule has 19 heavy (non-hydrogen) atoms. The molecule has 0 spiro atoms. The van der Waals surface area contributed by atoms with Gasteiger partial charge in [0.1, 0.15) is 0 Å². The molecule has 0 saturated heterocycles. The lowest BCUT2D eigenvalue weighted by molar-refractivity contribution is 0.282. The summed E-state index contributed by atoms with van der Waals surface area (Å²) in [5.74, 6) is 0.401. The number of aliphatic hydroxyl groups is 1. The molecule has 0 atom stereocenters. The zero-order chi connectivity index (χ0) is 13.8. The van der Waals surface area contributed by atoms with Crippen molar-refractivity contribution in [1.82, 2.24) is 9.97 Å². The van der Waals surface area contributed by atoms with Crippen molar-refractivity contribution in [3.05, 3.63) is 47.3 Å². The molecule has 0 amide bonds. The minimum absolute atomic E-state index is 0.0728. The fourth-order valence-corrected chi connectivity index (χ4v) is 2.50. The van der Waals surface area contributed by atoms with E-state index < -0.39 is 0 Å². The summed E-state index contributed by atoms with van der Waals surface area (Å²) in [5, 5.41) is 9.80. The van der Waals surface area contributed by atoms with Crippen molar-refractivity contribution in [2.75, 3.05) is 0 Å². The minimum Gasteiger partial charge on any atom is -0.392 e. The molecule has 0 bridgehead atoms. The maximum absolute atomic E-state index is 9.02. The van der Waals surface area contributed by atoms with Crippen LogP contribution in [0.2, 0.25) is 0 Å². The highest BCUT2D eigenvalue weighted by Gasteiger charge is 2.07. The van der Waals surface area contributed by atoms with Crippen LogP contribution in [0.1, 0.15) is 36.7 Å². The summed E-state index contributed by atoms with van der Waals surface area (Å²) in [6.45, 7) is 6.33. The van der Waals surface area contributed by atoms with Gasteiger partial charge in [0.25, 0.3) is 0 Å². The molecule has 0 aliphatic carbocycles. The Labute approximate surface area is 118 Å². The molecule has 100 valence electrons. The van der Waals surface area contributed by atoms with Crippen LogP contribution in [0.15, 0.2) is 40.4 Å². The molecule has 0 aliphatic rings. The standard InChI is InChI=1S/C15H18N2OS/c1-10(2)14-8-11(3)16-15(17-14)19-13-6-4-12(9-18)5-7-13/h4-8,10,18H,9H2,1-3H3. The van der Waals surface area contributed by atoms with Crippen LogP contribution < -0.4 is 0 Å². The van der Waals surface area contributed by atoms with E-state index in [1.54, 1.807) is 11.8 Å². The van der Waals surface area contributed by atoms with Gasteiger partial charge >= 0.3 is 0 Å². The van der Waals surface area contributed by atoms with Crippen LogP contribution >= 0.6 is 11.8 Å². The summed E-state index contributed by atoms with van der Waals surface area (Å²) >= 11 is 1.55. The van der Waals surface area contributed by atoms with Crippen molar-refractivity contribution in [1.29, 1.82) is 0 Å². The Balaban J connectivity index is 2.22. The zero-order valence-corrected chi connectivity index (χ0v) is 12.2. The fraction of sp³-hybridized carbons (Fsp3) is 0.333. The minimum atomic E-state index is 0.0728. The van der Waals surface area contributed by atoms with Gasteiger partial charge in [0.15, 0.2) is 5.16 Å². The largest absolute Gasteiger partial charge is 0.392 e. The van der Waals surface area contributed by atoms with Gasteiger partial charge in [0.05, 0.1) is 6.61 Å². The Bertz CT molecular complexity index is 553. The third kappa shape index (κ3) is 3.78. The van der Waals surface area contributed by atoms with E-state index in [0.29, 0.717) is 5.92 Å². The summed E-state index contributed by atoms with van der Waals surface area (Å²) < 4.78 is 0. The van der Waals surface area contributed by atoms with Crippen LogP contribution in [0.5, 0.6) is 0 Å². The molecule has 2 aromatic rings. The fourth-order valence-electron chi connectivity index (χ4n) is 1.67. The second kappa shape index (κ2) is 6.17. The second-order valence-electron chi connectivity index (χ2n) is 4.78. The molecule has 0 radical (unpaired) electrons. The van der Waals surface area contributed by atoms with Crippen LogP contribution in [0, 0.1) is 6.92 Å². The maximum Gasteiger partial charge on any atom is 0.192 e. The highest BCUT2D eigenvalue weighted by Crippen LogP contribution is 2.26. The quantitative estimate of drug-likeness (QED) is 0.866. The molecule has 0 fully saturated rings. The molecule has 1 aromatic carbocycles. The van der Waals surface area contributed by atoms with Gasteiger partial charge in [-0.05, 0) is 48.4 Å². The highest BCUT2D eigenvalue weighted by molar-refractivity contribution is 7.99. The van der Waals surface area contributed by atoms with Crippen LogP contribution in [0.4, 0.5) is 0 Å². The number of benzene rings is 1. The first-order valence-corrected chi connectivity index (χ1v) is 7.13. The number of hydrogen-bond acceptors (Lipinski definition) is 4. The van der Waals surface area contributed by atoms with Gasteiger partial charge in [0.2, 0.25) is 0 Å². The normalized spacial score (nSPS) is 11.0. The molecule has 0 aliphatic heterocycles. The van der Waals surface area contributed by atoms with Gasteiger partial charge < -0.3 is 5.11 Å². The second-order valence-corrected chi connectivity index (χ2v) is 5.82. The number of hydrogen-bond donors (Lipinski definition) is 1. The summed E-state index contributed by atoms with van der Waals surface area (Å²) in [6.07, 6.45) is 0. The predicted molar refractivity (Wildman–Crippen MR) is 77.3 cm³/mol. The summed E-state index contributed by atoms with van der Waals surface area (Å²) in [4.78, 5) is 10.1. The zero-order valence-electron chi connectivity index (χ0n) is 11.4. The Morgan fingerprint density at radius 3 is 2.42 bits per heavy atom. The number of rotatable bonds is 4. The Morgan fingerprint density at radius 1 is 1.16 bits per heavy atom. The molecule has 1 heterocycles. The van der Waals surface area contributed by atoms with Crippen molar-refractivity contribution >= 4 is 11.8 Å². The van der Waals surface area contributed by atoms with Gasteiger partial charge in [-0.15, -0.1) is 0 Å². The Morgan fingerprint density at radius 2 is 1.84 bits per heavy atom. The van der Waals surface area contributed by atoms with Crippen LogP contribution in [-0.2, 0) is 6.61 Å². The highest BCUT2D eigenvalue weighted by atomic mass is 32.2. The van der Waals surface area contributed by atoms with Gasteiger partial charge in [-0.1, -0.05) is 26.0 Å². The number of aryl methyl sites for hydroxylation is 1. The summed E-state index contributed by atoms with van der Waals surface area (Å²) in [6, 6.07) is 9.83. The topological polar surface area (TPSA) is 46.0 Å². The number of aromatic nitrogens is 2. The lowest BCUT2D eigenvalue weighted by Gasteiger charge is -2.08. The third-order valence-corrected chi connectivity index (χ3v) is 3.63. The van der Waals surface area contributed by atoms with E-state index in [-0.39, 0.29) is 6.61 Å². The van der Waals surface area contributed by atoms with Crippen molar-refractivity contribution in [3.63, 3.8) is 0 Å². The third-order valence-electron chi connectivity index (χ3n) is 2.76. The molecule has 4 heteroatoms. The van der Waals surface area contributed by atoms with E-state index in [9.17, 15) is 0 Å². The Kier molecular flexibility index (Phi) is 4.56. The van der Waals surface area contributed by atoms with Gasteiger partial charge in [-0.3, -0.25) is 0 Å². The average molecular weight is 274 g/mol. The smallest absolute Gasteiger partial charge is 0.192 e. The van der Waals surface area contributed by atoms with E-state index in [4.69, 9.17) is 5.11 Å². The van der Waals surface area contributed by atoms with Crippen LogP contribution in [-0.4, -0.2) is 15.1 Å². The lowest BCUT2D eigenvalue weighted by atomic mass is 10.1. The monoisotopic (exact) mass is 274 g/mol. The van der Waals surface area contributed by atoms with Crippen molar-refractivity contribution in [3.8, 4) is 0 Å². The Hall–Kier alpha value is -1.39. The van der Waals surface area contributed by atoms with Gasteiger partial charge in [-0.25, -0.2) is 9.97 Å². The molecule has 1 aromatic heterocycles. The summed E-state index contributed by atoms with van der Waals surface area (Å²) in [5.41, 5.74) is 2.98. The van der Waals surface area contributed by atoms with Crippen molar-refractivity contribution in [2.24, 2.45) is 0 Å². The molecule has 0 saturated carbocycles. The van der Waals surface area contributed by atoms with Crippen LogP contribution in [0.3, 0.4) is 0 Å². The van der Waals surface area contributed by atoms with Gasteiger partial charge in [-0.2, -0.15) is 0 Å². The molecular formula is C15H18N2OS.